The van der Waals surface area contributed by atoms with Gasteiger partial charge in [0.2, 0.25) is 0 Å². The van der Waals surface area contributed by atoms with Crippen LogP contribution in [0.1, 0.15) is 26.7 Å². The zero-order valence-corrected chi connectivity index (χ0v) is 9.09. The van der Waals surface area contributed by atoms with E-state index in [9.17, 15) is 4.79 Å². The molecule has 0 bridgehead atoms. The zero-order valence-electron chi connectivity index (χ0n) is 9.09. The van der Waals surface area contributed by atoms with Gasteiger partial charge in [-0.2, -0.15) is 5.26 Å². The molecule has 0 fully saturated rings. The lowest BCUT2D eigenvalue weighted by molar-refractivity contribution is -0.139. The number of nitrogens with zero attached hydrogens (tertiary/aromatic N) is 1. The van der Waals surface area contributed by atoms with E-state index in [4.69, 9.17) is 5.26 Å². The molecule has 0 aliphatic heterocycles. The third-order valence-electron chi connectivity index (χ3n) is 1.96. The number of nitrogens with one attached hydrogen (secondary N) is 1. The highest BCUT2D eigenvalue weighted by molar-refractivity contribution is 5.71. The first-order valence-electron chi connectivity index (χ1n) is 4.70. The van der Waals surface area contributed by atoms with Gasteiger partial charge in [-0.3, -0.25) is 4.79 Å². The smallest absolute Gasteiger partial charge is 0.319 e. The Bertz CT molecular complexity index is 219. The lowest BCUT2D eigenvalue weighted by atomic mass is 9.90. The van der Waals surface area contributed by atoms with Crippen LogP contribution < -0.4 is 5.32 Å². The number of hydrogen-bond donors (Lipinski definition) is 1. The number of carbonyl (C=O) groups excluding carboxylic acids is 1. The molecule has 0 rings (SSSR count). The van der Waals surface area contributed by atoms with Crippen LogP contribution in [0.3, 0.4) is 0 Å². The van der Waals surface area contributed by atoms with Crippen molar-refractivity contribution in [3.8, 4) is 6.07 Å². The maximum Gasteiger partial charge on any atom is 0.319 e. The summed E-state index contributed by atoms with van der Waals surface area (Å²) in [6, 6.07) is 2.23. The van der Waals surface area contributed by atoms with Crippen molar-refractivity contribution in [1.82, 2.24) is 5.32 Å². The van der Waals surface area contributed by atoms with Crippen LogP contribution >= 0.6 is 0 Å². The molecule has 0 amide bonds. The summed E-state index contributed by atoms with van der Waals surface area (Å²) in [5, 5.41) is 11.7. The monoisotopic (exact) mass is 198 g/mol. The summed E-state index contributed by atoms with van der Waals surface area (Å²) in [7, 11) is 1.36. The second kappa shape index (κ2) is 6.39. The summed E-state index contributed by atoms with van der Waals surface area (Å²) in [6.07, 6.45) is 1.72. The Labute approximate surface area is 85.2 Å². The quantitative estimate of drug-likeness (QED) is 0.512. The van der Waals surface area contributed by atoms with Gasteiger partial charge < -0.3 is 10.1 Å². The Morgan fingerprint density at radius 1 is 1.57 bits per heavy atom. The van der Waals surface area contributed by atoms with Crippen molar-refractivity contribution in [3.05, 3.63) is 0 Å². The zero-order chi connectivity index (χ0) is 11.0. The fourth-order valence-corrected chi connectivity index (χ4v) is 0.974. The van der Waals surface area contributed by atoms with Crippen LogP contribution in [0.5, 0.6) is 0 Å². The molecule has 0 heterocycles. The van der Waals surface area contributed by atoms with Gasteiger partial charge >= 0.3 is 5.97 Å². The lowest BCUT2D eigenvalue weighted by Gasteiger charge is -2.14. The van der Waals surface area contributed by atoms with E-state index in [2.05, 4.69) is 16.1 Å². The lowest BCUT2D eigenvalue weighted by Crippen LogP contribution is -2.25. The van der Waals surface area contributed by atoms with Crippen LogP contribution in [-0.4, -0.2) is 26.2 Å². The standard InChI is InChI=1S/C10H18N2O2/c1-10(2,8-11)5-4-6-12-7-9(13)14-3/h12H,4-7H2,1-3H3. The number of nitriles is 1. The van der Waals surface area contributed by atoms with E-state index < -0.39 is 0 Å². The van der Waals surface area contributed by atoms with Crippen LogP contribution in [0, 0.1) is 16.7 Å². The van der Waals surface area contributed by atoms with Crippen molar-refractivity contribution >= 4 is 5.97 Å². The predicted molar refractivity (Wildman–Crippen MR) is 53.5 cm³/mol. The number of esters is 1. The third-order valence-corrected chi connectivity index (χ3v) is 1.96. The molecule has 0 atom stereocenters. The molecule has 0 spiro atoms. The van der Waals surface area contributed by atoms with Gasteiger partial charge in [0.1, 0.15) is 0 Å². The van der Waals surface area contributed by atoms with E-state index in [0.717, 1.165) is 19.4 Å². The maximum absolute atomic E-state index is 10.7. The van der Waals surface area contributed by atoms with Gasteiger partial charge in [0.25, 0.3) is 0 Å². The molecule has 4 heteroatoms. The molecular formula is C10H18N2O2. The molecule has 4 nitrogen and oxygen atoms in total. The number of ether oxygens (including phenoxy) is 1. The van der Waals surface area contributed by atoms with Gasteiger partial charge in [0.15, 0.2) is 0 Å². The molecule has 0 aromatic heterocycles. The predicted octanol–water partition coefficient (Wildman–Crippen LogP) is 1.08. The Kier molecular flexibility index (Phi) is 5.89. The minimum absolute atomic E-state index is 0.240. The second-order valence-corrected chi connectivity index (χ2v) is 3.85. The molecule has 0 radical (unpaired) electrons. The van der Waals surface area contributed by atoms with Crippen LogP contribution in [-0.2, 0) is 9.53 Å². The molecule has 0 aromatic carbocycles. The first kappa shape index (κ1) is 12.9. The van der Waals surface area contributed by atoms with E-state index in [1.165, 1.54) is 7.11 Å². The van der Waals surface area contributed by atoms with E-state index in [1.807, 2.05) is 13.8 Å². The highest BCUT2D eigenvalue weighted by atomic mass is 16.5. The van der Waals surface area contributed by atoms with Crippen LogP contribution in [0.25, 0.3) is 0 Å². The first-order valence-corrected chi connectivity index (χ1v) is 4.70. The molecule has 0 aromatic rings. The maximum atomic E-state index is 10.7. The van der Waals surface area contributed by atoms with Crippen molar-refractivity contribution in [2.24, 2.45) is 5.41 Å². The molecular weight excluding hydrogens is 180 g/mol. The average molecular weight is 198 g/mol. The number of carbonyl (C=O) groups is 1. The van der Waals surface area contributed by atoms with E-state index in [0.29, 0.717) is 0 Å². The SMILES string of the molecule is COC(=O)CNCCCC(C)(C)C#N. The minimum Gasteiger partial charge on any atom is -0.468 e. The van der Waals surface area contributed by atoms with Crippen LogP contribution in [0.4, 0.5) is 0 Å². The molecule has 1 N–H and O–H groups in total. The molecule has 0 unspecified atom stereocenters. The largest absolute Gasteiger partial charge is 0.468 e. The van der Waals surface area contributed by atoms with Crippen molar-refractivity contribution in [2.75, 3.05) is 20.2 Å². The summed E-state index contributed by atoms with van der Waals surface area (Å²) < 4.78 is 4.47. The second-order valence-electron chi connectivity index (χ2n) is 3.85. The summed E-state index contributed by atoms with van der Waals surface area (Å²) >= 11 is 0. The molecule has 80 valence electrons. The Morgan fingerprint density at radius 2 is 2.21 bits per heavy atom. The van der Waals surface area contributed by atoms with Gasteiger partial charge in [-0.15, -0.1) is 0 Å². The number of hydrogen-bond acceptors (Lipinski definition) is 4. The number of methoxy groups -OCH3 is 1. The highest BCUT2D eigenvalue weighted by Crippen LogP contribution is 2.19. The summed E-state index contributed by atoms with van der Waals surface area (Å²) in [4.78, 5) is 10.7. The Balaban J connectivity index is 3.40. The van der Waals surface area contributed by atoms with E-state index in [-0.39, 0.29) is 17.9 Å². The molecule has 0 saturated heterocycles. The van der Waals surface area contributed by atoms with Crippen LogP contribution in [0.2, 0.25) is 0 Å². The van der Waals surface area contributed by atoms with E-state index >= 15 is 0 Å². The Hall–Kier alpha value is -1.08. The fourth-order valence-electron chi connectivity index (χ4n) is 0.974. The van der Waals surface area contributed by atoms with Gasteiger partial charge in [0.05, 0.1) is 25.1 Å². The molecule has 14 heavy (non-hydrogen) atoms. The third kappa shape index (κ3) is 6.44. The van der Waals surface area contributed by atoms with Crippen molar-refractivity contribution in [1.29, 1.82) is 5.26 Å². The summed E-state index contributed by atoms with van der Waals surface area (Å²) in [6.45, 7) is 4.80. The molecule has 0 saturated carbocycles. The summed E-state index contributed by atoms with van der Waals surface area (Å²) in [5.74, 6) is -0.260. The van der Waals surface area contributed by atoms with Gasteiger partial charge in [0, 0.05) is 0 Å². The fraction of sp³-hybridized carbons (Fsp3) is 0.800. The first-order chi connectivity index (χ1) is 6.52. The van der Waals surface area contributed by atoms with Crippen molar-refractivity contribution in [2.45, 2.75) is 26.7 Å². The van der Waals surface area contributed by atoms with Crippen LogP contribution in [0.15, 0.2) is 0 Å². The average Bonchev–Trinajstić information content (AvgIpc) is 2.17. The van der Waals surface area contributed by atoms with Crippen molar-refractivity contribution < 1.29 is 9.53 Å². The number of rotatable bonds is 6. The van der Waals surface area contributed by atoms with E-state index in [1.54, 1.807) is 0 Å². The Morgan fingerprint density at radius 3 is 2.71 bits per heavy atom. The topological polar surface area (TPSA) is 62.1 Å². The van der Waals surface area contributed by atoms with Gasteiger partial charge in [-0.25, -0.2) is 0 Å². The van der Waals surface area contributed by atoms with Crippen molar-refractivity contribution in [3.63, 3.8) is 0 Å². The normalized spacial score (nSPS) is 10.7. The van der Waals surface area contributed by atoms with Gasteiger partial charge in [-0.05, 0) is 33.2 Å². The minimum atomic E-state index is -0.271. The molecule has 0 aliphatic rings. The molecule has 0 aliphatic carbocycles. The summed E-state index contributed by atoms with van der Waals surface area (Å²) in [5.41, 5.74) is -0.271. The van der Waals surface area contributed by atoms with Gasteiger partial charge in [-0.1, -0.05) is 0 Å². The highest BCUT2D eigenvalue weighted by Gasteiger charge is 2.15.